The first-order valence-electron chi connectivity index (χ1n) is 18.3. The van der Waals surface area contributed by atoms with Crippen LogP contribution in [0.2, 0.25) is 0 Å². The van der Waals surface area contributed by atoms with Crippen LogP contribution in [-0.2, 0) is 0 Å². The lowest BCUT2D eigenvalue weighted by Crippen LogP contribution is -1.98. The fourth-order valence-electron chi connectivity index (χ4n) is 8.76. The first-order chi connectivity index (χ1) is 27.2. The molecule has 0 aliphatic rings. The van der Waals surface area contributed by atoms with Gasteiger partial charge in [0.15, 0.2) is 5.69 Å². The first-order valence-corrected chi connectivity index (χ1v) is 18.3. The van der Waals surface area contributed by atoms with E-state index in [1.165, 1.54) is 10.8 Å². The number of nitrogens with zero attached hydrogens (tertiary/aromatic N) is 5. The summed E-state index contributed by atoms with van der Waals surface area (Å²) in [6, 6.07) is 63.5. The van der Waals surface area contributed by atoms with Gasteiger partial charge in [0.05, 0.1) is 57.0 Å². The SMILES string of the molecule is [C-]#[N+]c1cc(-n2c3ccccc3c3cc(-n4c5ccccc5c5cc(C#N)ccc54)ccc32)ccc1-c1ccccc1-n1c2ccccc2c2ccccc21. The normalized spacial score (nSPS) is 11.6. The highest BCUT2D eigenvalue weighted by Gasteiger charge is 2.20. The summed E-state index contributed by atoms with van der Waals surface area (Å²) in [5.74, 6) is 0. The molecule has 8 aromatic carbocycles. The molecule has 0 amide bonds. The van der Waals surface area contributed by atoms with E-state index in [1.807, 2.05) is 30.3 Å². The molecule has 3 aromatic heterocycles. The lowest BCUT2D eigenvalue weighted by molar-refractivity contribution is 1.16. The van der Waals surface area contributed by atoms with Crippen LogP contribution < -0.4 is 0 Å². The summed E-state index contributed by atoms with van der Waals surface area (Å²) in [4.78, 5) is 4.15. The van der Waals surface area contributed by atoms with Gasteiger partial charge in [-0.2, -0.15) is 5.26 Å². The molecule has 0 radical (unpaired) electrons. The van der Waals surface area contributed by atoms with Crippen molar-refractivity contribution in [3.8, 4) is 34.3 Å². The summed E-state index contributed by atoms with van der Waals surface area (Å²) in [6.07, 6.45) is 0. The molecule has 11 rings (SSSR count). The minimum Gasteiger partial charge on any atom is -0.311 e. The van der Waals surface area contributed by atoms with Gasteiger partial charge in [0.2, 0.25) is 0 Å². The third-order valence-electron chi connectivity index (χ3n) is 11.1. The van der Waals surface area contributed by atoms with E-state index in [2.05, 4.69) is 170 Å². The molecular weight excluding hydrogens is 671 g/mol. The van der Waals surface area contributed by atoms with Crippen molar-refractivity contribution in [2.24, 2.45) is 0 Å². The van der Waals surface area contributed by atoms with E-state index in [1.54, 1.807) is 0 Å². The Kier molecular flexibility index (Phi) is 6.61. The standard InChI is InChI=1S/C50H29N5/c1-52-43-30-34(23-25-35(43)36-12-2-9-19-46(36)55-47-20-10-3-13-37(47)38-14-4-11-21-48(38)55)54-45-18-8-6-16-40(45)42-29-33(24-27-50(42)54)53-44-17-7-5-15-39(44)41-28-32(31-51)22-26-49(41)53/h2-30H. The van der Waals surface area contributed by atoms with Gasteiger partial charge in [-0.25, -0.2) is 4.85 Å². The summed E-state index contributed by atoms with van der Waals surface area (Å²) in [5.41, 5.74) is 12.7. The van der Waals surface area contributed by atoms with Crippen molar-refractivity contribution in [3.05, 3.63) is 193 Å². The Labute approximate surface area is 316 Å². The minimum absolute atomic E-state index is 0.593. The molecule has 0 saturated heterocycles. The van der Waals surface area contributed by atoms with Crippen LogP contribution in [0.25, 0.3) is 98.5 Å². The Morgan fingerprint density at radius 1 is 0.400 bits per heavy atom. The lowest BCUT2D eigenvalue weighted by atomic mass is 10.0. The second-order valence-corrected chi connectivity index (χ2v) is 14.0. The van der Waals surface area contributed by atoms with E-state index in [0.717, 1.165) is 82.8 Å². The van der Waals surface area contributed by atoms with Gasteiger partial charge in [0, 0.05) is 43.7 Å². The second-order valence-electron chi connectivity index (χ2n) is 14.0. The molecule has 0 aliphatic heterocycles. The van der Waals surface area contributed by atoms with Crippen molar-refractivity contribution in [1.82, 2.24) is 13.7 Å². The van der Waals surface area contributed by atoms with Crippen LogP contribution in [0.4, 0.5) is 5.69 Å². The van der Waals surface area contributed by atoms with Crippen LogP contribution in [0.15, 0.2) is 176 Å². The number of hydrogen-bond acceptors (Lipinski definition) is 1. The molecule has 0 spiro atoms. The van der Waals surface area contributed by atoms with Crippen molar-refractivity contribution in [3.63, 3.8) is 0 Å². The summed E-state index contributed by atoms with van der Waals surface area (Å²) in [6.45, 7) is 8.44. The summed E-state index contributed by atoms with van der Waals surface area (Å²) in [5, 5.41) is 16.5. The third-order valence-corrected chi connectivity index (χ3v) is 11.1. The van der Waals surface area contributed by atoms with Crippen LogP contribution in [-0.4, -0.2) is 13.7 Å². The van der Waals surface area contributed by atoms with Crippen molar-refractivity contribution < 1.29 is 0 Å². The molecule has 11 aromatic rings. The van der Waals surface area contributed by atoms with Crippen molar-refractivity contribution in [2.45, 2.75) is 0 Å². The van der Waals surface area contributed by atoms with Crippen molar-refractivity contribution in [1.29, 1.82) is 5.26 Å². The summed E-state index contributed by atoms with van der Waals surface area (Å²) >= 11 is 0. The maximum absolute atomic E-state index is 9.66. The molecule has 0 atom stereocenters. The number of fused-ring (bicyclic) bond motifs is 9. The zero-order valence-electron chi connectivity index (χ0n) is 29.5. The van der Waals surface area contributed by atoms with Crippen LogP contribution in [0.1, 0.15) is 5.56 Å². The van der Waals surface area contributed by atoms with Gasteiger partial charge >= 0.3 is 0 Å². The van der Waals surface area contributed by atoms with Gasteiger partial charge in [0.1, 0.15) is 0 Å². The highest BCUT2D eigenvalue weighted by atomic mass is 15.0. The molecule has 55 heavy (non-hydrogen) atoms. The number of para-hydroxylation sites is 5. The second kappa shape index (κ2) is 11.8. The fourth-order valence-corrected chi connectivity index (χ4v) is 8.76. The predicted molar refractivity (Wildman–Crippen MR) is 226 cm³/mol. The topological polar surface area (TPSA) is 42.9 Å². The van der Waals surface area contributed by atoms with Crippen LogP contribution in [0.5, 0.6) is 0 Å². The molecule has 0 unspecified atom stereocenters. The number of hydrogen-bond donors (Lipinski definition) is 0. The van der Waals surface area contributed by atoms with Gasteiger partial charge in [-0.1, -0.05) is 97.1 Å². The Hall–Kier alpha value is -7.86. The zero-order valence-corrected chi connectivity index (χ0v) is 29.5. The van der Waals surface area contributed by atoms with E-state index in [0.29, 0.717) is 11.3 Å². The van der Waals surface area contributed by atoms with Crippen LogP contribution >= 0.6 is 0 Å². The molecule has 0 bridgehead atoms. The van der Waals surface area contributed by atoms with Gasteiger partial charge < -0.3 is 13.7 Å². The Balaban J connectivity index is 1.10. The van der Waals surface area contributed by atoms with Gasteiger partial charge in [-0.15, -0.1) is 0 Å². The molecule has 0 fully saturated rings. The van der Waals surface area contributed by atoms with E-state index >= 15 is 0 Å². The highest BCUT2D eigenvalue weighted by Crippen LogP contribution is 2.42. The number of benzene rings is 8. The average Bonchev–Trinajstić information content (AvgIpc) is 3.88. The van der Waals surface area contributed by atoms with Crippen molar-refractivity contribution >= 4 is 71.1 Å². The van der Waals surface area contributed by atoms with Crippen LogP contribution in [0.3, 0.4) is 0 Å². The molecule has 5 heteroatoms. The monoisotopic (exact) mass is 699 g/mol. The lowest BCUT2D eigenvalue weighted by Gasteiger charge is -2.16. The molecule has 0 aliphatic carbocycles. The quantitative estimate of drug-likeness (QED) is 0.169. The molecule has 5 nitrogen and oxygen atoms in total. The summed E-state index contributed by atoms with van der Waals surface area (Å²) < 4.78 is 6.89. The van der Waals surface area contributed by atoms with Gasteiger partial charge in [-0.05, 0) is 90.0 Å². The minimum atomic E-state index is 0.593. The highest BCUT2D eigenvalue weighted by molar-refractivity contribution is 6.13. The van der Waals surface area contributed by atoms with E-state index in [-0.39, 0.29) is 0 Å². The Morgan fingerprint density at radius 3 is 1.45 bits per heavy atom. The maximum Gasteiger partial charge on any atom is 0.197 e. The predicted octanol–water partition coefficient (Wildman–Crippen LogP) is 13.1. The molecule has 3 heterocycles. The third kappa shape index (κ3) is 4.45. The van der Waals surface area contributed by atoms with E-state index < -0.39 is 0 Å². The average molecular weight is 700 g/mol. The van der Waals surface area contributed by atoms with Gasteiger partial charge in [0.25, 0.3) is 0 Å². The number of nitriles is 1. The van der Waals surface area contributed by atoms with E-state index in [4.69, 9.17) is 6.57 Å². The Morgan fingerprint density at radius 2 is 0.855 bits per heavy atom. The van der Waals surface area contributed by atoms with Gasteiger partial charge in [-0.3, -0.25) is 0 Å². The first kappa shape index (κ1) is 30.7. The largest absolute Gasteiger partial charge is 0.311 e. The van der Waals surface area contributed by atoms with Crippen LogP contribution in [0, 0.1) is 17.9 Å². The number of aromatic nitrogens is 3. The van der Waals surface area contributed by atoms with Crippen molar-refractivity contribution in [2.75, 3.05) is 0 Å². The molecular formula is C50H29N5. The summed E-state index contributed by atoms with van der Waals surface area (Å²) in [7, 11) is 0. The fraction of sp³-hybridized carbons (Fsp3) is 0. The number of rotatable bonds is 4. The zero-order chi connectivity index (χ0) is 36.6. The van der Waals surface area contributed by atoms with E-state index in [9.17, 15) is 5.26 Å². The molecule has 0 N–H and O–H groups in total. The molecule has 0 saturated carbocycles. The Bertz CT molecular complexity index is 3420. The smallest absolute Gasteiger partial charge is 0.197 e. The maximum atomic E-state index is 9.66. The molecule has 254 valence electrons.